The molecule has 0 saturated carbocycles. The minimum atomic E-state index is -0.392. The molecule has 0 atom stereocenters. The Kier molecular flexibility index (Phi) is 5.37. The van der Waals surface area contributed by atoms with E-state index >= 15 is 0 Å². The predicted octanol–water partition coefficient (Wildman–Crippen LogP) is 3.78. The lowest BCUT2D eigenvalue weighted by Gasteiger charge is -2.06. The monoisotopic (exact) mass is 309 g/mol. The molecule has 3 nitrogen and oxygen atoms in total. The van der Waals surface area contributed by atoms with Gasteiger partial charge in [-0.25, -0.2) is 4.39 Å². The number of benzene rings is 1. The normalized spacial score (nSPS) is 11.3. The second-order valence-corrected chi connectivity index (χ2v) is 6.05. The first-order chi connectivity index (χ1) is 9.97. The molecule has 0 aliphatic carbocycles. The molecule has 2 aromatic rings. The average molecular weight is 310 g/mol. The molecule has 21 heavy (non-hydrogen) atoms. The third-order valence-electron chi connectivity index (χ3n) is 3.28. The summed E-state index contributed by atoms with van der Waals surface area (Å²) in [7, 11) is 0. The lowest BCUT2D eigenvalue weighted by molar-refractivity contribution is 0.551. The predicted molar refractivity (Wildman–Crippen MR) is 84.0 cm³/mol. The molecule has 0 aliphatic heterocycles. The molecule has 0 radical (unpaired) electrons. The molecule has 0 saturated heterocycles. The van der Waals surface area contributed by atoms with E-state index < -0.39 is 5.82 Å². The van der Waals surface area contributed by atoms with Crippen molar-refractivity contribution in [1.29, 1.82) is 0 Å². The zero-order valence-corrected chi connectivity index (χ0v) is 13.4. The van der Waals surface area contributed by atoms with E-state index in [2.05, 4.69) is 24.3 Å². The molecule has 1 aromatic heterocycles. The van der Waals surface area contributed by atoms with E-state index in [0.717, 1.165) is 29.9 Å². The maximum Gasteiger partial charge on any atom is 0.142 e. The number of aromatic nitrogens is 2. The topological polar surface area (TPSA) is 29.9 Å². The van der Waals surface area contributed by atoms with Gasteiger partial charge in [-0.15, -0.1) is 0 Å². The summed E-state index contributed by atoms with van der Waals surface area (Å²) < 4.78 is 15.2. The number of nitrogens with one attached hydrogen (secondary N) is 1. The molecule has 5 heteroatoms. The van der Waals surface area contributed by atoms with Crippen LogP contribution in [0, 0.1) is 18.7 Å². The highest BCUT2D eigenvalue weighted by Gasteiger charge is 2.09. The van der Waals surface area contributed by atoms with Gasteiger partial charge in [0.05, 0.1) is 17.3 Å². The molecule has 1 aromatic carbocycles. The summed E-state index contributed by atoms with van der Waals surface area (Å²) in [6.45, 7) is 8.57. The maximum absolute atomic E-state index is 13.4. The van der Waals surface area contributed by atoms with E-state index in [1.807, 2.05) is 23.9 Å². The SMILES string of the molecule is Cc1nn(Cc2cccc(F)c2Cl)cc1CNCC(C)C. The van der Waals surface area contributed by atoms with Crippen LogP contribution in [0.1, 0.15) is 30.7 Å². The fourth-order valence-electron chi connectivity index (χ4n) is 2.15. The van der Waals surface area contributed by atoms with Crippen molar-refractivity contribution in [3.8, 4) is 0 Å². The highest BCUT2D eigenvalue weighted by molar-refractivity contribution is 6.31. The van der Waals surface area contributed by atoms with E-state index in [9.17, 15) is 4.39 Å². The molecule has 0 aliphatic rings. The van der Waals surface area contributed by atoms with Gasteiger partial charge in [0.15, 0.2) is 0 Å². The first kappa shape index (κ1) is 16.0. The van der Waals surface area contributed by atoms with Crippen molar-refractivity contribution in [2.24, 2.45) is 5.92 Å². The fraction of sp³-hybridized carbons (Fsp3) is 0.438. The summed E-state index contributed by atoms with van der Waals surface area (Å²) >= 11 is 5.98. The van der Waals surface area contributed by atoms with Crippen LogP contribution in [0.3, 0.4) is 0 Å². The maximum atomic E-state index is 13.4. The van der Waals surface area contributed by atoms with Crippen molar-refractivity contribution in [3.05, 3.63) is 52.1 Å². The Balaban J connectivity index is 2.06. The van der Waals surface area contributed by atoms with Crippen LogP contribution in [0.25, 0.3) is 0 Å². The number of nitrogens with zero attached hydrogens (tertiary/aromatic N) is 2. The van der Waals surface area contributed by atoms with Gasteiger partial charge < -0.3 is 5.32 Å². The molecule has 1 heterocycles. The second-order valence-electron chi connectivity index (χ2n) is 5.68. The Bertz CT molecular complexity index is 608. The van der Waals surface area contributed by atoms with Gasteiger partial charge in [0.2, 0.25) is 0 Å². The fourth-order valence-corrected chi connectivity index (χ4v) is 2.34. The van der Waals surface area contributed by atoms with E-state index in [4.69, 9.17) is 11.6 Å². The summed E-state index contributed by atoms with van der Waals surface area (Å²) in [6, 6.07) is 4.85. The standard InChI is InChI=1S/C16H21ClFN3/c1-11(2)7-19-8-14-10-21(20-12(14)3)9-13-5-4-6-15(18)16(13)17/h4-6,10-11,19H,7-9H2,1-3H3. The molecule has 114 valence electrons. The summed E-state index contributed by atoms with van der Waals surface area (Å²) in [6.07, 6.45) is 1.99. The number of rotatable bonds is 6. The van der Waals surface area contributed by atoms with Crippen molar-refractivity contribution >= 4 is 11.6 Å². The van der Waals surface area contributed by atoms with E-state index in [0.29, 0.717) is 12.5 Å². The second kappa shape index (κ2) is 7.05. The van der Waals surface area contributed by atoms with Gasteiger partial charge in [0.1, 0.15) is 5.82 Å². The molecular weight excluding hydrogens is 289 g/mol. The van der Waals surface area contributed by atoms with Gasteiger partial charge in [0.25, 0.3) is 0 Å². The molecule has 2 rings (SSSR count). The van der Waals surface area contributed by atoms with Crippen molar-refractivity contribution in [3.63, 3.8) is 0 Å². The van der Waals surface area contributed by atoms with Crippen molar-refractivity contribution < 1.29 is 4.39 Å². The average Bonchev–Trinajstić information content (AvgIpc) is 2.75. The first-order valence-corrected chi connectivity index (χ1v) is 7.51. The zero-order valence-electron chi connectivity index (χ0n) is 12.7. The minimum Gasteiger partial charge on any atom is -0.312 e. The Morgan fingerprint density at radius 2 is 2.10 bits per heavy atom. The van der Waals surface area contributed by atoms with Crippen molar-refractivity contribution in [2.45, 2.75) is 33.9 Å². The molecule has 0 unspecified atom stereocenters. The Hall–Kier alpha value is -1.39. The van der Waals surface area contributed by atoms with Gasteiger partial charge in [0, 0.05) is 18.3 Å². The highest BCUT2D eigenvalue weighted by atomic mass is 35.5. The Labute approximate surface area is 130 Å². The van der Waals surface area contributed by atoms with Gasteiger partial charge >= 0.3 is 0 Å². The van der Waals surface area contributed by atoms with Crippen LogP contribution < -0.4 is 5.32 Å². The molecular formula is C16H21ClFN3. The molecule has 0 spiro atoms. The molecule has 1 N–H and O–H groups in total. The van der Waals surface area contributed by atoms with Crippen LogP contribution in [0.4, 0.5) is 4.39 Å². The van der Waals surface area contributed by atoms with E-state index in [1.54, 1.807) is 6.07 Å². The third-order valence-corrected chi connectivity index (χ3v) is 3.70. The largest absolute Gasteiger partial charge is 0.312 e. The lowest BCUT2D eigenvalue weighted by Crippen LogP contribution is -2.19. The smallest absolute Gasteiger partial charge is 0.142 e. The summed E-state index contributed by atoms with van der Waals surface area (Å²) in [5, 5.41) is 8.04. The highest BCUT2D eigenvalue weighted by Crippen LogP contribution is 2.20. The van der Waals surface area contributed by atoms with Gasteiger partial charge in [-0.3, -0.25) is 4.68 Å². The van der Waals surface area contributed by atoms with Gasteiger partial charge in [-0.1, -0.05) is 37.6 Å². The number of hydrogen-bond acceptors (Lipinski definition) is 2. The van der Waals surface area contributed by atoms with E-state index in [-0.39, 0.29) is 5.02 Å². The van der Waals surface area contributed by atoms with Crippen molar-refractivity contribution in [1.82, 2.24) is 15.1 Å². The number of aryl methyl sites for hydroxylation is 1. The quantitative estimate of drug-likeness (QED) is 0.880. The molecule has 0 fully saturated rings. The number of hydrogen-bond donors (Lipinski definition) is 1. The van der Waals surface area contributed by atoms with Crippen LogP contribution >= 0.6 is 11.6 Å². The van der Waals surface area contributed by atoms with Crippen LogP contribution in [-0.2, 0) is 13.1 Å². The zero-order chi connectivity index (χ0) is 15.4. The summed E-state index contributed by atoms with van der Waals surface area (Å²) in [5.41, 5.74) is 2.88. The first-order valence-electron chi connectivity index (χ1n) is 7.14. The van der Waals surface area contributed by atoms with Crippen molar-refractivity contribution in [2.75, 3.05) is 6.54 Å². The number of halogens is 2. The van der Waals surface area contributed by atoms with E-state index in [1.165, 1.54) is 6.07 Å². The van der Waals surface area contributed by atoms with Crippen LogP contribution in [0.5, 0.6) is 0 Å². The summed E-state index contributed by atoms with van der Waals surface area (Å²) in [5.74, 6) is 0.225. The lowest BCUT2D eigenvalue weighted by atomic mass is 10.2. The van der Waals surface area contributed by atoms with Crippen LogP contribution in [0.15, 0.2) is 24.4 Å². The Morgan fingerprint density at radius 1 is 1.33 bits per heavy atom. The molecule has 0 amide bonds. The Morgan fingerprint density at radius 3 is 2.81 bits per heavy atom. The van der Waals surface area contributed by atoms with Crippen LogP contribution in [-0.4, -0.2) is 16.3 Å². The molecule has 0 bridgehead atoms. The van der Waals surface area contributed by atoms with Gasteiger partial charge in [-0.05, 0) is 31.0 Å². The third kappa shape index (κ3) is 4.29. The van der Waals surface area contributed by atoms with Crippen LogP contribution in [0.2, 0.25) is 5.02 Å². The summed E-state index contributed by atoms with van der Waals surface area (Å²) in [4.78, 5) is 0. The minimum absolute atomic E-state index is 0.171. The van der Waals surface area contributed by atoms with Gasteiger partial charge in [-0.2, -0.15) is 5.10 Å².